The van der Waals surface area contributed by atoms with Gasteiger partial charge in [0.25, 0.3) is 0 Å². The summed E-state index contributed by atoms with van der Waals surface area (Å²) < 4.78 is 26.8. The van der Waals surface area contributed by atoms with Crippen LogP contribution in [0.25, 0.3) is 0 Å². The quantitative estimate of drug-likeness (QED) is 0.575. The summed E-state index contributed by atoms with van der Waals surface area (Å²) in [4.78, 5) is 4.18. The van der Waals surface area contributed by atoms with Gasteiger partial charge in [0.05, 0.1) is 11.4 Å². The van der Waals surface area contributed by atoms with Crippen molar-refractivity contribution in [1.29, 1.82) is 0 Å². The van der Waals surface area contributed by atoms with E-state index in [1.54, 1.807) is 7.05 Å². The van der Waals surface area contributed by atoms with Crippen LogP contribution < -0.4 is 14.9 Å². The Morgan fingerprint density at radius 2 is 2.20 bits per heavy atom. The summed E-state index contributed by atoms with van der Waals surface area (Å²) in [5, 5.41) is 7.04. The first-order valence-electron chi connectivity index (χ1n) is 8.74. The molecule has 0 radical (unpaired) electrons. The van der Waals surface area contributed by atoms with Crippen molar-refractivity contribution in [2.45, 2.75) is 24.5 Å². The van der Waals surface area contributed by atoms with Crippen LogP contribution in [0.1, 0.15) is 18.4 Å². The molecule has 1 fully saturated rings. The van der Waals surface area contributed by atoms with Crippen molar-refractivity contribution in [2.24, 2.45) is 4.99 Å². The molecular weight excluding hydrogens is 356 g/mol. The van der Waals surface area contributed by atoms with Gasteiger partial charge in [-0.1, -0.05) is 18.2 Å². The van der Waals surface area contributed by atoms with Crippen LogP contribution in [0.3, 0.4) is 0 Å². The maximum atomic E-state index is 12.7. The number of aliphatic imine (C=N–C) groups is 1. The Bertz CT molecular complexity index is 715. The number of sulfonamides is 1. The van der Waals surface area contributed by atoms with E-state index in [1.165, 1.54) is 22.9 Å². The van der Waals surface area contributed by atoms with Crippen molar-refractivity contribution >= 4 is 33.4 Å². The molecular formula is C17H26N4O2S2. The molecule has 0 aliphatic carbocycles. The second-order valence-corrected chi connectivity index (χ2v) is 9.70. The number of fused-ring (bicyclic) bond motifs is 1. The van der Waals surface area contributed by atoms with Gasteiger partial charge in [-0.3, -0.25) is 9.30 Å². The summed E-state index contributed by atoms with van der Waals surface area (Å²) in [7, 11) is -1.61. The molecule has 1 saturated heterocycles. The Balaban J connectivity index is 1.49. The number of para-hydroxylation sites is 1. The van der Waals surface area contributed by atoms with Crippen LogP contribution in [0.15, 0.2) is 29.3 Å². The fraction of sp³-hybridized carbons (Fsp3) is 0.588. The molecule has 1 aromatic carbocycles. The van der Waals surface area contributed by atoms with Gasteiger partial charge in [-0.05, 0) is 36.6 Å². The van der Waals surface area contributed by atoms with Crippen LogP contribution in [0.2, 0.25) is 0 Å². The predicted molar refractivity (Wildman–Crippen MR) is 106 cm³/mol. The molecule has 8 heteroatoms. The lowest BCUT2D eigenvalue weighted by Gasteiger charge is -2.20. The van der Waals surface area contributed by atoms with E-state index in [0.717, 1.165) is 24.2 Å². The van der Waals surface area contributed by atoms with E-state index in [4.69, 9.17) is 0 Å². The molecule has 0 spiro atoms. The Morgan fingerprint density at radius 1 is 1.36 bits per heavy atom. The van der Waals surface area contributed by atoms with Crippen molar-refractivity contribution in [2.75, 3.05) is 42.5 Å². The smallest absolute Gasteiger partial charge is 0.236 e. The zero-order valence-corrected chi connectivity index (χ0v) is 16.2. The molecule has 2 aliphatic rings. The molecule has 0 aromatic heterocycles. The molecule has 1 aromatic rings. The van der Waals surface area contributed by atoms with Crippen LogP contribution in [-0.2, 0) is 16.4 Å². The van der Waals surface area contributed by atoms with E-state index in [-0.39, 0.29) is 5.75 Å². The SMILES string of the molecule is CN=C(NCCS(=O)(=O)N1CCc2ccccc21)NCC1CCCS1. The highest BCUT2D eigenvalue weighted by atomic mass is 32.2. The van der Waals surface area contributed by atoms with Gasteiger partial charge in [-0.15, -0.1) is 0 Å². The lowest BCUT2D eigenvalue weighted by atomic mass is 10.2. The van der Waals surface area contributed by atoms with Crippen molar-refractivity contribution in [3.63, 3.8) is 0 Å². The number of hydrogen-bond donors (Lipinski definition) is 2. The minimum Gasteiger partial charge on any atom is -0.355 e. The first-order valence-corrected chi connectivity index (χ1v) is 11.4. The molecule has 25 heavy (non-hydrogen) atoms. The predicted octanol–water partition coefficient (Wildman–Crippen LogP) is 1.44. The number of guanidine groups is 1. The number of hydrogen-bond acceptors (Lipinski definition) is 4. The molecule has 1 atom stereocenters. The maximum absolute atomic E-state index is 12.7. The van der Waals surface area contributed by atoms with Crippen LogP contribution in [0, 0.1) is 0 Å². The van der Waals surface area contributed by atoms with E-state index >= 15 is 0 Å². The van der Waals surface area contributed by atoms with Crippen LogP contribution >= 0.6 is 11.8 Å². The summed E-state index contributed by atoms with van der Waals surface area (Å²) in [5.41, 5.74) is 1.92. The third kappa shape index (κ3) is 4.61. The van der Waals surface area contributed by atoms with Gasteiger partial charge in [0.1, 0.15) is 0 Å². The molecule has 3 rings (SSSR count). The number of benzene rings is 1. The fourth-order valence-electron chi connectivity index (χ4n) is 3.24. The van der Waals surface area contributed by atoms with Crippen LogP contribution in [0.4, 0.5) is 5.69 Å². The van der Waals surface area contributed by atoms with Crippen molar-refractivity contribution in [3.8, 4) is 0 Å². The largest absolute Gasteiger partial charge is 0.355 e. The van der Waals surface area contributed by atoms with Crippen molar-refractivity contribution in [1.82, 2.24) is 10.6 Å². The molecule has 2 N–H and O–H groups in total. The van der Waals surface area contributed by atoms with E-state index in [1.807, 2.05) is 36.0 Å². The van der Waals surface area contributed by atoms with Gasteiger partial charge in [0.2, 0.25) is 10.0 Å². The zero-order valence-electron chi connectivity index (χ0n) is 14.6. The molecule has 2 aliphatic heterocycles. The van der Waals surface area contributed by atoms with Crippen LogP contribution in [0.5, 0.6) is 0 Å². The molecule has 2 heterocycles. The zero-order chi connectivity index (χ0) is 17.7. The summed E-state index contributed by atoms with van der Waals surface area (Å²) in [6.45, 7) is 1.75. The van der Waals surface area contributed by atoms with E-state index in [2.05, 4.69) is 15.6 Å². The molecule has 6 nitrogen and oxygen atoms in total. The minimum absolute atomic E-state index is 0.0558. The Kier molecular flexibility index (Phi) is 6.11. The summed E-state index contributed by atoms with van der Waals surface area (Å²) in [6, 6.07) is 7.72. The Hall–Kier alpha value is -1.41. The van der Waals surface area contributed by atoms with Gasteiger partial charge in [0.15, 0.2) is 5.96 Å². The standard InChI is InChI=1S/C17H26N4O2S2/c1-18-17(20-13-15-6-4-11-24-15)19-9-12-25(22,23)21-10-8-14-5-2-3-7-16(14)21/h2-3,5,7,15H,4,6,8-13H2,1H3,(H2,18,19,20). The van der Waals surface area contributed by atoms with Gasteiger partial charge in [-0.2, -0.15) is 11.8 Å². The average molecular weight is 383 g/mol. The minimum atomic E-state index is -3.32. The molecule has 138 valence electrons. The number of nitrogens with one attached hydrogen (secondary N) is 2. The fourth-order valence-corrected chi connectivity index (χ4v) is 5.87. The highest BCUT2D eigenvalue weighted by molar-refractivity contribution is 8.00. The lowest BCUT2D eigenvalue weighted by Crippen LogP contribution is -2.43. The first-order chi connectivity index (χ1) is 12.1. The number of anilines is 1. The topological polar surface area (TPSA) is 73.8 Å². The summed E-state index contributed by atoms with van der Waals surface area (Å²) in [6.07, 6.45) is 3.29. The highest BCUT2D eigenvalue weighted by Crippen LogP contribution is 2.29. The Morgan fingerprint density at radius 3 is 2.96 bits per heavy atom. The number of thioether (sulfide) groups is 1. The third-order valence-corrected chi connectivity index (χ3v) is 7.75. The average Bonchev–Trinajstić information content (AvgIpc) is 3.27. The second kappa shape index (κ2) is 8.31. The van der Waals surface area contributed by atoms with E-state index in [0.29, 0.717) is 24.3 Å². The van der Waals surface area contributed by atoms with Gasteiger partial charge >= 0.3 is 0 Å². The number of nitrogens with zero attached hydrogens (tertiary/aromatic N) is 2. The van der Waals surface area contributed by atoms with Gasteiger partial charge in [-0.25, -0.2) is 8.42 Å². The second-order valence-electron chi connectivity index (χ2n) is 6.28. The lowest BCUT2D eigenvalue weighted by molar-refractivity contribution is 0.590. The molecule has 1 unspecified atom stereocenters. The van der Waals surface area contributed by atoms with Gasteiger partial charge < -0.3 is 10.6 Å². The highest BCUT2D eigenvalue weighted by Gasteiger charge is 2.28. The van der Waals surface area contributed by atoms with E-state index < -0.39 is 10.0 Å². The first kappa shape index (κ1) is 18.4. The van der Waals surface area contributed by atoms with E-state index in [9.17, 15) is 8.42 Å². The molecule has 0 saturated carbocycles. The third-order valence-electron chi connectivity index (χ3n) is 4.58. The molecule has 0 bridgehead atoms. The number of rotatable bonds is 6. The maximum Gasteiger partial charge on any atom is 0.236 e. The van der Waals surface area contributed by atoms with Crippen molar-refractivity contribution < 1.29 is 8.42 Å². The summed E-state index contributed by atoms with van der Waals surface area (Å²) in [5.74, 6) is 1.96. The molecule has 0 amide bonds. The normalized spacial score (nSPS) is 20.6. The monoisotopic (exact) mass is 382 g/mol. The van der Waals surface area contributed by atoms with Crippen LogP contribution in [-0.4, -0.2) is 57.8 Å². The summed E-state index contributed by atoms with van der Waals surface area (Å²) >= 11 is 1.99. The van der Waals surface area contributed by atoms with Gasteiger partial charge in [0, 0.05) is 31.9 Å². The Labute approximate surface area is 154 Å². The van der Waals surface area contributed by atoms with Crippen molar-refractivity contribution in [3.05, 3.63) is 29.8 Å².